The minimum atomic E-state index is -0.502. The van der Waals surface area contributed by atoms with E-state index in [0.717, 1.165) is 38.8 Å². The van der Waals surface area contributed by atoms with E-state index in [0.29, 0.717) is 11.8 Å². The lowest BCUT2D eigenvalue weighted by molar-refractivity contribution is -0.152. The molecule has 110 valence electrons. The number of rotatable bonds is 4. The Kier molecular flexibility index (Phi) is 4.85. The molecule has 4 heteroatoms. The van der Waals surface area contributed by atoms with Crippen LogP contribution in [0.4, 0.5) is 0 Å². The van der Waals surface area contributed by atoms with Crippen molar-refractivity contribution in [1.29, 1.82) is 0 Å². The van der Waals surface area contributed by atoms with Gasteiger partial charge in [-0.2, -0.15) is 0 Å². The third kappa shape index (κ3) is 3.48. The van der Waals surface area contributed by atoms with E-state index >= 15 is 0 Å². The van der Waals surface area contributed by atoms with Gasteiger partial charge in [0, 0.05) is 13.2 Å². The zero-order valence-electron chi connectivity index (χ0n) is 12.4. The molecule has 19 heavy (non-hydrogen) atoms. The molecular weight excluding hydrogens is 242 g/mol. The summed E-state index contributed by atoms with van der Waals surface area (Å²) >= 11 is 0. The average Bonchev–Trinajstić information content (AvgIpc) is 2.87. The Balaban J connectivity index is 2.03. The van der Waals surface area contributed by atoms with E-state index < -0.39 is 5.54 Å². The fraction of sp³-hybridized carbons (Fsp3) is 0.933. The summed E-state index contributed by atoms with van der Waals surface area (Å²) < 4.78 is 10.7. The van der Waals surface area contributed by atoms with Crippen molar-refractivity contribution in [3.8, 4) is 0 Å². The standard InChI is InChI=1S/C15H27NO3/c1-11-7-12(2)9-15(8-11,14(17)18-3)16-10-13-5-4-6-19-13/h11-13,16H,4-10H2,1-3H3. The van der Waals surface area contributed by atoms with Crippen molar-refractivity contribution < 1.29 is 14.3 Å². The van der Waals surface area contributed by atoms with Crippen LogP contribution in [0.3, 0.4) is 0 Å². The largest absolute Gasteiger partial charge is 0.468 e. The molecule has 0 radical (unpaired) electrons. The second-order valence-corrected chi connectivity index (χ2v) is 6.44. The van der Waals surface area contributed by atoms with Crippen molar-refractivity contribution >= 4 is 5.97 Å². The van der Waals surface area contributed by atoms with Gasteiger partial charge in [-0.25, -0.2) is 0 Å². The molecule has 0 aromatic carbocycles. The summed E-state index contributed by atoms with van der Waals surface area (Å²) in [4.78, 5) is 12.3. The van der Waals surface area contributed by atoms with Crippen molar-refractivity contribution in [2.24, 2.45) is 11.8 Å². The van der Waals surface area contributed by atoms with Crippen LogP contribution in [0.2, 0.25) is 0 Å². The van der Waals surface area contributed by atoms with Crippen LogP contribution in [-0.2, 0) is 14.3 Å². The summed E-state index contributed by atoms with van der Waals surface area (Å²) in [6.07, 6.45) is 5.42. The fourth-order valence-corrected chi connectivity index (χ4v) is 3.82. The number of nitrogens with one attached hydrogen (secondary N) is 1. The fourth-order valence-electron chi connectivity index (χ4n) is 3.82. The van der Waals surface area contributed by atoms with E-state index in [9.17, 15) is 4.79 Å². The van der Waals surface area contributed by atoms with Crippen LogP contribution in [0, 0.1) is 11.8 Å². The predicted octanol–water partition coefficient (Wildman–Crippen LogP) is 2.12. The lowest BCUT2D eigenvalue weighted by Gasteiger charge is -2.41. The molecular formula is C15H27NO3. The molecule has 0 bridgehead atoms. The smallest absolute Gasteiger partial charge is 0.326 e. The van der Waals surface area contributed by atoms with E-state index in [-0.39, 0.29) is 12.1 Å². The highest BCUT2D eigenvalue weighted by Gasteiger charge is 2.45. The first kappa shape index (κ1) is 14.8. The third-order valence-corrected chi connectivity index (χ3v) is 4.47. The molecule has 1 saturated carbocycles. The summed E-state index contributed by atoms with van der Waals surface area (Å²) in [7, 11) is 1.49. The monoisotopic (exact) mass is 269 g/mol. The number of methoxy groups -OCH3 is 1. The summed E-state index contributed by atoms with van der Waals surface area (Å²) in [6.45, 7) is 6.06. The van der Waals surface area contributed by atoms with Gasteiger partial charge in [0.25, 0.3) is 0 Å². The SMILES string of the molecule is COC(=O)C1(NCC2CCCO2)CC(C)CC(C)C1. The van der Waals surface area contributed by atoms with Gasteiger partial charge in [-0.1, -0.05) is 13.8 Å². The van der Waals surface area contributed by atoms with Gasteiger partial charge in [-0.05, 0) is 43.9 Å². The number of carbonyl (C=O) groups is 1. The van der Waals surface area contributed by atoms with Crippen molar-refractivity contribution in [3.63, 3.8) is 0 Å². The van der Waals surface area contributed by atoms with Crippen molar-refractivity contribution in [2.45, 2.75) is 57.6 Å². The normalized spacial score (nSPS) is 39.2. The molecule has 0 aromatic rings. The van der Waals surface area contributed by atoms with Gasteiger partial charge in [-0.15, -0.1) is 0 Å². The first-order chi connectivity index (χ1) is 9.05. The molecule has 3 atom stereocenters. The molecule has 0 spiro atoms. The van der Waals surface area contributed by atoms with Crippen LogP contribution < -0.4 is 5.32 Å². The van der Waals surface area contributed by atoms with Crippen LogP contribution in [0.5, 0.6) is 0 Å². The molecule has 1 aliphatic heterocycles. The predicted molar refractivity (Wildman–Crippen MR) is 73.9 cm³/mol. The quantitative estimate of drug-likeness (QED) is 0.794. The van der Waals surface area contributed by atoms with Gasteiger partial charge in [0.2, 0.25) is 0 Å². The minimum Gasteiger partial charge on any atom is -0.468 e. The van der Waals surface area contributed by atoms with Gasteiger partial charge in [0.15, 0.2) is 0 Å². The van der Waals surface area contributed by atoms with Crippen molar-refractivity contribution in [3.05, 3.63) is 0 Å². The van der Waals surface area contributed by atoms with E-state index in [1.807, 2.05) is 0 Å². The van der Waals surface area contributed by atoms with E-state index in [2.05, 4.69) is 19.2 Å². The summed E-state index contributed by atoms with van der Waals surface area (Å²) in [5.41, 5.74) is -0.502. The van der Waals surface area contributed by atoms with Gasteiger partial charge >= 0.3 is 5.97 Å². The molecule has 1 saturated heterocycles. The van der Waals surface area contributed by atoms with Crippen LogP contribution in [0.25, 0.3) is 0 Å². The number of esters is 1. The highest BCUT2D eigenvalue weighted by molar-refractivity contribution is 5.81. The molecule has 0 aromatic heterocycles. The zero-order valence-corrected chi connectivity index (χ0v) is 12.4. The zero-order chi connectivity index (χ0) is 13.9. The number of hydrogen-bond donors (Lipinski definition) is 1. The highest BCUT2D eigenvalue weighted by atomic mass is 16.5. The molecule has 1 heterocycles. The van der Waals surface area contributed by atoms with Crippen LogP contribution in [0.1, 0.15) is 46.0 Å². The Labute approximate surface area is 116 Å². The van der Waals surface area contributed by atoms with Crippen LogP contribution in [0.15, 0.2) is 0 Å². The summed E-state index contributed by atoms with van der Waals surface area (Å²) in [5.74, 6) is 1.00. The van der Waals surface area contributed by atoms with E-state index in [4.69, 9.17) is 9.47 Å². The van der Waals surface area contributed by atoms with Crippen molar-refractivity contribution in [2.75, 3.05) is 20.3 Å². The molecule has 0 amide bonds. The van der Waals surface area contributed by atoms with Crippen LogP contribution >= 0.6 is 0 Å². The summed E-state index contributed by atoms with van der Waals surface area (Å²) in [6, 6.07) is 0. The van der Waals surface area contributed by atoms with Gasteiger partial charge in [0.05, 0.1) is 13.2 Å². The topological polar surface area (TPSA) is 47.6 Å². The molecule has 4 nitrogen and oxygen atoms in total. The molecule has 1 N–H and O–H groups in total. The second-order valence-electron chi connectivity index (χ2n) is 6.44. The number of hydrogen-bond acceptors (Lipinski definition) is 4. The Morgan fingerprint density at radius 2 is 2.05 bits per heavy atom. The maximum Gasteiger partial charge on any atom is 0.326 e. The molecule has 3 unspecified atom stereocenters. The summed E-state index contributed by atoms with van der Waals surface area (Å²) in [5, 5.41) is 3.49. The Bertz CT molecular complexity index is 303. The Morgan fingerprint density at radius 1 is 1.37 bits per heavy atom. The number of ether oxygens (including phenoxy) is 2. The van der Waals surface area contributed by atoms with Gasteiger partial charge in [-0.3, -0.25) is 10.1 Å². The Morgan fingerprint density at radius 3 is 2.58 bits per heavy atom. The van der Waals surface area contributed by atoms with E-state index in [1.54, 1.807) is 0 Å². The molecule has 2 aliphatic rings. The van der Waals surface area contributed by atoms with Crippen molar-refractivity contribution in [1.82, 2.24) is 5.32 Å². The lowest BCUT2D eigenvalue weighted by atomic mass is 9.71. The molecule has 2 rings (SSSR count). The van der Waals surface area contributed by atoms with Crippen LogP contribution in [-0.4, -0.2) is 37.9 Å². The average molecular weight is 269 g/mol. The van der Waals surface area contributed by atoms with E-state index in [1.165, 1.54) is 13.5 Å². The first-order valence-electron chi connectivity index (χ1n) is 7.51. The van der Waals surface area contributed by atoms with Gasteiger partial charge in [0.1, 0.15) is 5.54 Å². The molecule has 2 fully saturated rings. The highest BCUT2D eigenvalue weighted by Crippen LogP contribution is 2.37. The first-order valence-corrected chi connectivity index (χ1v) is 7.51. The Hall–Kier alpha value is -0.610. The van der Waals surface area contributed by atoms with Gasteiger partial charge < -0.3 is 9.47 Å². The second kappa shape index (κ2) is 6.23. The lowest BCUT2D eigenvalue weighted by Crippen LogP contribution is -2.58. The maximum absolute atomic E-state index is 12.3. The third-order valence-electron chi connectivity index (χ3n) is 4.47. The molecule has 1 aliphatic carbocycles. The maximum atomic E-state index is 12.3. The number of carbonyl (C=O) groups excluding carboxylic acids is 1. The minimum absolute atomic E-state index is 0.108.